The number of likely N-dealkylation sites (tertiary alicyclic amines) is 1. The van der Waals surface area contributed by atoms with Crippen LogP contribution in [0.25, 0.3) is 11.0 Å². The number of fused-ring (bicyclic) bond motifs is 1. The fraction of sp³-hybridized carbons (Fsp3) is 0.263. The number of halogens is 1. The highest BCUT2D eigenvalue weighted by Gasteiger charge is 2.29. The van der Waals surface area contributed by atoms with Gasteiger partial charge in [0.25, 0.3) is 5.91 Å². The Labute approximate surface area is 144 Å². The Bertz CT molecular complexity index is 937. The second-order valence-corrected chi connectivity index (χ2v) is 6.33. The molecule has 0 bridgehead atoms. The summed E-state index contributed by atoms with van der Waals surface area (Å²) in [4.78, 5) is 21.8. The van der Waals surface area contributed by atoms with Gasteiger partial charge in [-0.3, -0.25) is 4.79 Å². The maximum Gasteiger partial charge on any atom is 0.253 e. The lowest BCUT2D eigenvalue weighted by Gasteiger charge is -2.17. The first-order valence-electron chi connectivity index (χ1n) is 8.29. The summed E-state index contributed by atoms with van der Waals surface area (Å²) >= 11 is 0. The van der Waals surface area contributed by atoms with Crippen LogP contribution in [-0.4, -0.2) is 39.0 Å². The van der Waals surface area contributed by atoms with E-state index in [4.69, 9.17) is 5.11 Å². The molecule has 1 unspecified atom stereocenters. The fourth-order valence-corrected chi connectivity index (χ4v) is 3.46. The minimum Gasteiger partial charge on any atom is -0.388 e. The number of rotatable bonds is 3. The van der Waals surface area contributed by atoms with Crippen LogP contribution in [0.1, 0.15) is 34.1 Å². The van der Waals surface area contributed by atoms with Crippen molar-refractivity contribution >= 4 is 16.9 Å². The number of aliphatic hydroxyl groups is 1. The van der Waals surface area contributed by atoms with E-state index in [-0.39, 0.29) is 24.2 Å². The lowest BCUT2D eigenvalue weighted by molar-refractivity contribution is 0.0790. The van der Waals surface area contributed by atoms with Crippen molar-refractivity contribution in [2.45, 2.75) is 18.9 Å². The molecule has 1 fully saturated rings. The van der Waals surface area contributed by atoms with Gasteiger partial charge in [0.15, 0.2) is 0 Å². The molecular formula is C19H18FN3O2. The molecule has 1 aromatic heterocycles. The van der Waals surface area contributed by atoms with Crippen molar-refractivity contribution in [1.82, 2.24) is 14.9 Å². The van der Waals surface area contributed by atoms with Crippen molar-refractivity contribution in [3.8, 4) is 0 Å². The molecule has 0 aliphatic carbocycles. The Morgan fingerprint density at radius 2 is 2.16 bits per heavy atom. The van der Waals surface area contributed by atoms with Crippen LogP contribution in [0.15, 0.2) is 42.5 Å². The third-order valence-corrected chi connectivity index (χ3v) is 4.75. The number of benzene rings is 2. The molecule has 128 valence electrons. The van der Waals surface area contributed by atoms with Crippen molar-refractivity contribution in [1.29, 1.82) is 0 Å². The number of imidazole rings is 1. The zero-order valence-electron chi connectivity index (χ0n) is 13.6. The number of aromatic amines is 1. The van der Waals surface area contributed by atoms with Crippen LogP contribution in [0, 0.1) is 5.82 Å². The van der Waals surface area contributed by atoms with E-state index in [1.54, 1.807) is 35.2 Å². The highest BCUT2D eigenvalue weighted by Crippen LogP contribution is 2.30. The molecule has 2 aromatic carbocycles. The van der Waals surface area contributed by atoms with Gasteiger partial charge in [0.2, 0.25) is 0 Å². The molecule has 0 saturated carbocycles. The van der Waals surface area contributed by atoms with Crippen molar-refractivity contribution in [2.24, 2.45) is 0 Å². The topological polar surface area (TPSA) is 69.2 Å². The van der Waals surface area contributed by atoms with Crippen molar-refractivity contribution < 1.29 is 14.3 Å². The standard InChI is InChI=1S/C19H18FN3O2/c20-15-4-2-1-3-14(15)13-7-8-23(10-13)19(25)12-5-6-16-17(9-12)22-18(11-24)21-16/h1-6,9,13,24H,7-8,10-11H2,(H,21,22). The second kappa shape index (κ2) is 6.29. The molecule has 0 spiro atoms. The van der Waals surface area contributed by atoms with Crippen molar-refractivity contribution in [2.75, 3.05) is 13.1 Å². The molecule has 1 aliphatic heterocycles. The molecule has 4 rings (SSSR count). The number of carbonyl (C=O) groups excluding carboxylic acids is 1. The molecule has 6 heteroatoms. The molecule has 25 heavy (non-hydrogen) atoms. The van der Waals surface area contributed by atoms with Gasteiger partial charge in [-0.25, -0.2) is 9.37 Å². The van der Waals surface area contributed by atoms with Crippen molar-refractivity contribution in [3.05, 3.63) is 65.2 Å². The number of aliphatic hydroxyl groups excluding tert-OH is 1. The molecule has 2 N–H and O–H groups in total. The maximum absolute atomic E-state index is 14.0. The summed E-state index contributed by atoms with van der Waals surface area (Å²) in [5.74, 6) is 0.223. The average molecular weight is 339 g/mol. The number of H-pyrrole nitrogens is 1. The Morgan fingerprint density at radius 3 is 2.96 bits per heavy atom. The summed E-state index contributed by atoms with van der Waals surface area (Å²) in [6.07, 6.45) is 0.758. The zero-order chi connectivity index (χ0) is 17.4. The van der Waals surface area contributed by atoms with E-state index in [0.717, 1.165) is 11.9 Å². The van der Waals surface area contributed by atoms with Gasteiger partial charge in [-0.1, -0.05) is 18.2 Å². The summed E-state index contributed by atoms with van der Waals surface area (Å²) in [6, 6.07) is 12.0. The Morgan fingerprint density at radius 1 is 1.32 bits per heavy atom. The molecule has 5 nitrogen and oxygen atoms in total. The van der Waals surface area contributed by atoms with Gasteiger partial charge in [0.1, 0.15) is 18.2 Å². The predicted octanol–water partition coefficient (Wildman–Crippen LogP) is 2.82. The van der Waals surface area contributed by atoms with Crippen LogP contribution in [0.2, 0.25) is 0 Å². The van der Waals surface area contributed by atoms with E-state index in [1.807, 2.05) is 6.07 Å². The van der Waals surface area contributed by atoms with Gasteiger partial charge in [-0.15, -0.1) is 0 Å². The lowest BCUT2D eigenvalue weighted by Crippen LogP contribution is -2.28. The Hall–Kier alpha value is -2.73. The third kappa shape index (κ3) is 2.89. The normalized spacial score (nSPS) is 17.4. The highest BCUT2D eigenvalue weighted by molar-refractivity contribution is 5.97. The Kier molecular flexibility index (Phi) is 3.97. The average Bonchev–Trinajstić information content (AvgIpc) is 3.27. The summed E-state index contributed by atoms with van der Waals surface area (Å²) in [5, 5.41) is 9.15. The minimum absolute atomic E-state index is 0.0297. The minimum atomic E-state index is -0.211. The monoisotopic (exact) mass is 339 g/mol. The largest absolute Gasteiger partial charge is 0.388 e. The molecule has 3 aromatic rings. The van der Waals surface area contributed by atoms with Gasteiger partial charge >= 0.3 is 0 Å². The molecule has 1 aliphatic rings. The van der Waals surface area contributed by atoms with Gasteiger partial charge in [-0.2, -0.15) is 0 Å². The second-order valence-electron chi connectivity index (χ2n) is 6.33. The fourth-order valence-electron chi connectivity index (χ4n) is 3.46. The zero-order valence-corrected chi connectivity index (χ0v) is 13.6. The first-order valence-corrected chi connectivity index (χ1v) is 8.29. The van der Waals surface area contributed by atoms with E-state index < -0.39 is 0 Å². The van der Waals surface area contributed by atoms with Crippen LogP contribution in [0.4, 0.5) is 4.39 Å². The molecule has 1 saturated heterocycles. The van der Waals surface area contributed by atoms with Gasteiger partial charge < -0.3 is 15.0 Å². The van der Waals surface area contributed by atoms with E-state index in [9.17, 15) is 9.18 Å². The maximum atomic E-state index is 14.0. The number of aromatic nitrogens is 2. The number of nitrogens with zero attached hydrogens (tertiary/aromatic N) is 2. The quantitative estimate of drug-likeness (QED) is 0.771. The SMILES string of the molecule is O=C(c1ccc2nc(CO)[nH]c2c1)N1CCC(c2ccccc2F)C1. The molecule has 1 amide bonds. The number of hydrogen-bond acceptors (Lipinski definition) is 3. The summed E-state index contributed by atoms with van der Waals surface area (Å²) in [7, 11) is 0. The smallest absolute Gasteiger partial charge is 0.253 e. The molecular weight excluding hydrogens is 321 g/mol. The van der Waals surface area contributed by atoms with E-state index >= 15 is 0 Å². The van der Waals surface area contributed by atoms with Crippen molar-refractivity contribution in [3.63, 3.8) is 0 Å². The first-order chi connectivity index (χ1) is 12.2. The molecule has 2 heterocycles. The number of amides is 1. The Balaban J connectivity index is 1.54. The highest BCUT2D eigenvalue weighted by atomic mass is 19.1. The number of nitrogens with one attached hydrogen (secondary N) is 1. The molecule has 1 atom stereocenters. The summed E-state index contributed by atoms with van der Waals surface area (Å²) in [6.45, 7) is 0.956. The predicted molar refractivity (Wildman–Crippen MR) is 91.7 cm³/mol. The van der Waals surface area contributed by atoms with Gasteiger partial charge in [-0.05, 0) is 36.2 Å². The lowest BCUT2D eigenvalue weighted by atomic mass is 9.98. The van der Waals surface area contributed by atoms with Crippen LogP contribution in [0.3, 0.4) is 0 Å². The van der Waals surface area contributed by atoms with Crippen LogP contribution in [0.5, 0.6) is 0 Å². The summed E-state index contributed by atoms with van der Waals surface area (Å²) in [5.41, 5.74) is 2.68. The van der Waals surface area contributed by atoms with Crippen LogP contribution < -0.4 is 0 Å². The number of hydrogen-bond donors (Lipinski definition) is 2. The third-order valence-electron chi connectivity index (χ3n) is 4.75. The van der Waals surface area contributed by atoms with Gasteiger partial charge in [0, 0.05) is 24.6 Å². The van der Waals surface area contributed by atoms with E-state index in [1.165, 1.54) is 6.07 Å². The van der Waals surface area contributed by atoms with Crippen LogP contribution in [-0.2, 0) is 6.61 Å². The van der Waals surface area contributed by atoms with Gasteiger partial charge in [0.05, 0.1) is 11.0 Å². The number of carbonyl (C=O) groups is 1. The van der Waals surface area contributed by atoms with E-state index in [2.05, 4.69) is 9.97 Å². The van der Waals surface area contributed by atoms with Crippen LogP contribution >= 0.6 is 0 Å². The van der Waals surface area contributed by atoms with E-state index in [0.29, 0.717) is 35.6 Å². The summed E-state index contributed by atoms with van der Waals surface area (Å²) < 4.78 is 14.0. The molecule has 0 radical (unpaired) electrons. The first kappa shape index (κ1) is 15.8.